The van der Waals surface area contributed by atoms with E-state index in [4.69, 9.17) is 16.7 Å². The van der Waals surface area contributed by atoms with E-state index in [0.29, 0.717) is 0 Å². The first-order valence-electron chi connectivity index (χ1n) is 5.42. The Labute approximate surface area is 110 Å². The fraction of sp³-hybridized carbons (Fsp3) is 0.500. The fourth-order valence-corrected chi connectivity index (χ4v) is 2.01. The maximum absolute atomic E-state index is 9.10. The summed E-state index contributed by atoms with van der Waals surface area (Å²) in [5.74, 6) is 0. The Balaban J connectivity index is 2.29. The lowest BCUT2D eigenvalue weighted by Crippen LogP contribution is -2.16. The molecule has 1 aromatic rings. The molecule has 90 valence electrons. The molecule has 0 bridgehead atoms. The SMILES string of the molecule is CC(O)CCCNCc1cc(Cl)ccc1Br. The summed E-state index contributed by atoms with van der Waals surface area (Å²) in [4.78, 5) is 0. The van der Waals surface area contributed by atoms with Gasteiger partial charge >= 0.3 is 0 Å². The minimum absolute atomic E-state index is 0.209. The number of rotatable bonds is 6. The molecule has 0 radical (unpaired) electrons. The normalized spacial score (nSPS) is 12.8. The topological polar surface area (TPSA) is 32.3 Å². The van der Waals surface area contributed by atoms with E-state index in [-0.39, 0.29) is 6.10 Å². The van der Waals surface area contributed by atoms with Crippen LogP contribution in [-0.2, 0) is 6.54 Å². The van der Waals surface area contributed by atoms with Crippen molar-refractivity contribution in [2.45, 2.75) is 32.4 Å². The minimum Gasteiger partial charge on any atom is -0.393 e. The summed E-state index contributed by atoms with van der Waals surface area (Å²) in [5.41, 5.74) is 1.16. The van der Waals surface area contributed by atoms with E-state index < -0.39 is 0 Å². The van der Waals surface area contributed by atoms with Crippen molar-refractivity contribution in [3.05, 3.63) is 33.3 Å². The lowest BCUT2D eigenvalue weighted by molar-refractivity contribution is 0.181. The molecule has 0 amide bonds. The molecule has 0 aliphatic rings. The van der Waals surface area contributed by atoms with Gasteiger partial charge in [-0.1, -0.05) is 27.5 Å². The molecule has 2 nitrogen and oxygen atoms in total. The highest BCUT2D eigenvalue weighted by Gasteiger charge is 2.00. The van der Waals surface area contributed by atoms with Crippen LogP contribution < -0.4 is 5.32 Å². The maximum Gasteiger partial charge on any atom is 0.0512 e. The molecule has 1 unspecified atom stereocenters. The summed E-state index contributed by atoms with van der Waals surface area (Å²) in [6, 6.07) is 5.77. The molecule has 1 rings (SSSR count). The van der Waals surface area contributed by atoms with Crippen LogP contribution >= 0.6 is 27.5 Å². The zero-order chi connectivity index (χ0) is 12.0. The van der Waals surface area contributed by atoms with E-state index >= 15 is 0 Å². The third-order valence-electron chi connectivity index (χ3n) is 2.30. The summed E-state index contributed by atoms with van der Waals surface area (Å²) in [6.07, 6.45) is 1.61. The van der Waals surface area contributed by atoms with Crippen molar-refractivity contribution in [2.75, 3.05) is 6.54 Å². The molecule has 0 spiro atoms. The lowest BCUT2D eigenvalue weighted by Gasteiger charge is -2.08. The average Bonchev–Trinajstić information content (AvgIpc) is 2.22. The third-order valence-corrected chi connectivity index (χ3v) is 3.31. The minimum atomic E-state index is -0.209. The predicted molar refractivity (Wildman–Crippen MR) is 71.8 cm³/mol. The van der Waals surface area contributed by atoms with Crippen LogP contribution in [0.15, 0.2) is 22.7 Å². The van der Waals surface area contributed by atoms with Gasteiger partial charge in [-0.15, -0.1) is 0 Å². The molecule has 0 saturated carbocycles. The lowest BCUT2D eigenvalue weighted by atomic mass is 10.2. The monoisotopic (exact) mass is 305 g/mol. The smallest absolute Gasteiger partial charge is 0.0512 e. The summed E-state index contributed by atoms with van der Waals surface area (Å²) in [5, 5.41) is 13.2. The van der Waals surface area contributed by atoms with E-state index in [1.54, 1.807) is 0 Å². The number of hydrogen-bond donors (Lipinski definition) is 2. The van der Waals surface area contributed by atoms with Crippen LogP contribution in [0, 0.1) is 0 Å². The van der Waals surface area contributed by atoms with Gasteiger partial charge in [-0.05, 0) is 50.1 Å². The third kappa shape index (κ3) is 5.30. The number of halogens is 2. The largest absolute Gasteiger partial charge is 0.393 e. The highest BCUT2D eigenvalue weighted by molar-refractivity contribution is 9.10. The van der Waals surface area contributed by atoms with E-state index in [1.807, 2.05) is 25.1 Å². The van der Waals surface area contributed by atoms with Gasteiger partial charge in [0, 0.05) is 16.0 Å². The Kier molecular flexibility index (Phi) is 6.36. The second kappa shape index (κ2) is 7.28. The number of benzene rings is 1. The maximum atomic E-state index is 9.10. The van der Waals surface area contributed by atoms with Gasteiger partial charge in [-0.3, -0.25) is 0 Å². The van der Waals surface area contributed by atoms with E-state index in [0.717, 1.165) is 41.0 Å². The first-order chi connectivity index (χ1) is 7.59. The van der Waals surface area contributed by atoms with E-state index in [2.05, 4.69) is 21.2 Å². The van der Waals surface area contributed by atoms with Crippen molar-refractivity contribution in [1.82, 2.24) is 5.32 Å². The number of nitrogens with one attached hydrogen (secondary N) is 1. The van der Waals surface area contributed by atoms with Crippen molar-refractivity contribution in [2.24, 2.45) is 0 Å². The van der Waals surface area contributed by atoms with Crippen molar-refractivity contribution >= 4 is 27.5 Å². The molecule has 4 heteroatoms. The molecule has 0 heterocycles. The molecule has 0 aliphatic carbocycles. The Bertz CT molecular complexity index is 331. The Morgan fingerprint density at radius 3 is 2.94 bits per heavy atom. The second-order valence-electron chi connectivity index (χ2n) is 3.90. The van der Waals surface area contributed by atoms with Gasteiger partial charge in [0.25, 0.3) is 0 Å². The fourth-order valence-electron chi connectivity index (χ4n) is 1.42. The molecule has 0 fully saturated rings. The van der Waals surface area contributed by atoms with E-state index in [9.17, 15) is 0 Å². The Hall–Kier alpha value is -0.0900. The van der Waals surface area contributed by atoms with Crippen LogP contribution in [0.4, 0.5) is 0 Å². The van der Waals surface area contributed by atoms with Crippen LogP contribution in [-0.4, -0.2) is 17.8 Å². The summed E-state index contributed by atoms with van der Waals surface area (Å²) in [6.45, 7) is 3.51. The average molecular weight is 307 g/mol. The molecule has 1 aromatic carbocycles. The van der Waals surface area contributed by atoms with Crippen LogP contribution in [0.1, 0.15) is 25.3 Å². The van der Waals surface area contributed by atoms with Crippen molar-refractivity contribution < 1.29 is 5.11 Å². The van der Waals surface area contributed by atoms with Crippen molar-refractivity contribution in [1.29, 1.82) is 0 Å². The van der Waals surface area contributed by atoms with Crippen molar-refractivity contribution in [3.8, 4) is 0 Å². The van der Waals surface area contributed by atoms with Crippen LogP contribution in [0.25, 0.3) is 0 Å². The predicted octanol–water partition coefficient (Wildman–Crippen LogP) is 3.35. The van der Waals surface area contributed by atoms with Gasteiger partial charge in [-0.25, -0.2) is 0 Å². The summed E-state index contributed by atoms with van der Waals surface area (Å²) < 4.78 is 1.07. The molecule has 0 aliphatic heterocycles. The second-order valence-corrected chi connectivity index (χ2v) is 5.19. The Morgan fingerprint density at radius 2 is 2.25 bits per heavy atom. The molecule has 0 aromatic heterocycles. The van der Waals surface area contributed by atoms with Gasteiger partial charge in [0.1, 0.15) is 0 Å². The first kappa shape index (κ1) is 14.0. The molecule has 0 saturated heterocycles. The van der Waals surface area contributed by atoms with Gasteiger partial charge in [0.15, 0.2) is 0 Å². The quantitative estimate of drug-likeness (QED) is 0.790. The van der Waals surface area contributed by atoms with Gasteiger partial charge in [-0.2, -0.15) is 0 Å². The first-order valence-corrected chi connectivity index (χ1v) is 6.59. The summed E-state index contributed by atoms with van der Waals surface area (Å²) in [7, 11) is 0. The zero-order valence-corrected chi connectivity index (χ0v) is 11.7. The standard InChI is InChI=1S/C12H17BrClNO/c1-9(16)3-2-6-15-8-10-7-11(14)4-5-12(10)13/h4-5,7,9,15-16H,2-3,6,8H2,1H3. The van der Waals surface area contributed by atoms with E-state index in [1.165, 1.54) is 0 Å². The highest BCUT2D eigenvalue weighted by atomic mass is 79.9. The zero-order valence-electron chi connectivity index (χ0n) is 9.34. The summed E-state index contributed by atoms with van der Waals surface area (Å²) >= 11 is 9.40. The number of aliphatic hydroxyl groups is 1. The van der Waals surface area contributed by atoms with Crippen LogP contribution in [0.2, 0.25) is 5.02 Å². The Morgan fingerprint density at radius 1 is 1.50 bits per heavy atom. The molecule has 1 atom stereocenters. The van der Waals surface area contributed by atoms with Crippen LogP contribution in [0.3, 0.4) is 0 Å². The molecular weight excluding hydrogens is 289 g/mol. The molecule has 16 heavy (non-hydrogen) atoms. The van der Waals surface area contributed by atoms with Crippen molar-refractivity contribution in [3.63, 3.8) is 0 Å². The molecule has 2 N–H and O–H groups in total. The van der Waals surface area contributed by atoms with Crippen LogP contribution in [0.5, 0.6) is 0 Å². The van der Waals surface area contributed by atoms with Gasteiger partial charge in [0.05, 0.1) is 6.10 Å². The van der Waals surface area contributed by atoms with Gasteiger partial charge in [0.2, 0.25) is 0 Å². The number of hydrogen-bond acceptors (Lipinski definition) is 2. The van der Waals surface area contributed by atoms with Gasteiger partial charge < -0.3 is 10.4 Å². The number of aliphatic hydroxyl groups excluding tert-OH is 1. The molecular formula is C12H17BrClNO. The highest BCUT2D eigenvalue weighted by Crippen LogP contribution is 2.20.